The molecule has 0 aliphatic rings. The standard InChI is InChI=1S/C20H15FO2/c21-17-13-7-8-14-18(17)23-20(22)19(15-9-3-1-4-10-15)16-11-5-2-6-12-16/h1-14,19H. The smallest absolute Gasteiger partial charge is 0.323 e. The lowest BCUT2D eigenvalue weighted by molar-refractivity contribution is -0.135. The Morgan fingerprint density at radius 2 is 1.22 bits per heavy atom. The predicted octanol–water partition coefficient (Wildman–Crippen LogP) is 4.56. The van der Waals surface area contributed by atoms with Gasteiger partial charge in [0.05, 0.1) is 0 Å². The number of carbonyl (C=O) groups is 1. The van der Waals surface area contributed by atoms with E-state index in [9.17, 15) is 9.18 Å². The highest BCUT2D eigenvalue weighted by molar-refractivity contribution is 5.84. The van der Waals surface area contributed by atoms with Crippen molar-refractivity contribution in [3.8, 4) is 5.75 Å². The molecule has 0 unspecified atom stereocenters. The highest BCUT2D eigenvalue weighted by atomic mass is 19.1. The molecule has 3 aromatic carbocycles. The summed E-state index contributed by atoms with van der Waals surface area (Å²) in [5.74, 6) is -1.72. The number of ether oxygens (including phenoxy) is 1. The van der Waals surface area contributed by atoms with Crippen LogP contribution < -0.4 is 4.74 Å². The number of halogens is 1. The molecule has 0 saturated carbocycles. The van der Waals surface area contributed by atoms with Crippen LogP contribution in [0.4, 0.5) is 4.39 Å². The van der Waals surface area contributed by atoms with Gasteiger partial charge in [0.1, 0.15) is 5.92 Å². The molecule has 3 aromatic rings. The van der Waals surface area contributed by atoms with E-state index in [1.807, 2.05) is 60.7 Å². The van der Waals surface area contributed by atoms with Crippen LogP contribution in [0, 0.1) is 5.82 Å². The van der Waals surface area contributed by atoms with Crippen molar-refractivity contribution in [2.24, 2.45) is 0 Å². The van der Waals surface area contributed by atoms with Gasteiger partial charge in [-0.25, -0.2) is 4.39 Å². The molecule has 0 radical (unpaired) electrons. The van der Waals surface area contributed by atoms with Gasteiger partial charge in [0.25, 0.3) is 0 Å². The number of para-hydroxylation sites is 1. The minimum atomic E-state index is -0.600. The second-order valence-corrected chi connectivity index (χ2v) is 5.11. The normalized spacial score (nSPS) is 10.5. The SMILES string of the molecule is O=C(Oc1ccccc1F)C(c1ccccc1)c1ccccc1. The van der Waals surface area contributed by atoms with Crippen molar-refractivity contribution >= 4 is 5.97 Å². The van der Waals surface area contributed by atoms with E-state index in [0.717, 1.165) is 11.1 Å². The van der Waals surface area contributed by atoms with Gasteiger partial charge in [-0.05, 0) is 23.3 Å². The van der Waals surface area contributed by atoms with Crippen molar-refractivity contribution in [2.75, 3.05) is 0 Å². The number of esters is 1. The van der Waals surface area contributed by atoms with Gasteiger partial charge in [0.2, 0.25) is 0 Å². The number of rotatable bonds is 4. The van der Waals surface area contributed by atoms with E-state index >= 15 is 0 Å². The molecule has 0 aliphatic heterocycles. The quantitative estimate of drug-likeness (QED) is 0.521. The van der Waals surface area contributed by atoms with Crippen LogP contribution in [0.15, 0.2) is 84.9 Å². The molecule has 0 amide bonds. The number of carbonyl (C=O) groups excluding carboxylic acids is 1. The molecule has 3 rings (SSSR count). The van der Waals surface area contributed by atoms with Gasteiger partial charge in [-0.2, -0.15) is 0 Å². The Morgan fingerprint density at radius 3 is 1.74 bits per heavy atom. The summed E-state index contributed by atoms with van der Waals surface area (Å²) in [6, 6.07) is 24.6. The van der Waals surface area contributed by atoms with E-state index < -0.39 is 17.7 Å². The Labute approximate surface area is 134 Å². The number of hydrogen-bond donors (Lipinski definition) is 0. The van der Waals surface area contributed by atoms with Gasteiger partial charge in [-0.1, -0.05) is 72.8 Å². The van der Waals surface area contributed by atoms with Crippen molar-refractivity contribution < 1.29 is 13.9 Å². The maximum atomic E-state index is 13.7. The summed E-state index contributed by atoms with van der Waals surface area (Å²) in [7, 11) is 0. The van der Waals surface area contributed by atoms with E-state index in [-0.39, 0.29) is 5.75 Å². The Balaban J connectivity index is 1.96. The van der Waals surface area contributed by atoms with Crippen molar-refractivity contribution in [2.45, 2.75) is 5.92 Å². The predicted molar refractivity (Wildman–Crippen MR) is 86.8 cm³/mol. The topological polar surface area (TPSA) is 26.3 Å². The molecule has 0 aromatic heterocycles. The van der Waals surface area contributed by atoms with Crippen LogP contribution in [-0.4, -0.2) is 5.97 Å². The second-order valence-electron chi connectivity index (χ2n) is 5.11. The summed E-state index contributed by atoms with van der Waals surface area (Å²) in [6.07, 6.45) is 0. The third-order valence-electron chi connectivity index (χ3n) is 3.55. The lowest BCUT2D eigenvalue weighted by Crippen LogP contribution is -2.20. The third kappa shape index (κ3) is 3.46. The first-order chi connectivity index (χ1) is 11.3. The van der Waals surface area contributed by atoms with Gasteiger partial charge in [0, 0.05) is 0 Å². The molecule has 0 heterocycles. The fourth-order valence-electron chi connectivity index (χ4n) is 2.45. The summed E-state index contributed by atoms with van der Waals surface area (Å²) >= 11 is 0. The molecule has 0 spiro atoms. The number of hydrogen-bond acceptors (Lipinski definition) is 2. The van der Waals surface area contributed by atoms with E-state index in [1.54, 1.807) is 12.1 Å². The van der Waals surface area contributed by atoms with E-state index in [1.165, 1.54) is 12.1 Å². The zero-order valence-corrected chi connectivity index (χ0v) is 12.4. The lowest BCUT2D eigenvalue weighted by Gasteiger charge is -2.17. The second kappa shape index (κ2) is 6.88. The first kappa shape index (κ1) is 15.0. The van der Waals surface area contributed by atoms with Crippen molar-refractivity contribution in [3.05, 3.63) is 102 Å². The first-order valence-corrected chi connectivity index (χ1v) is 7.32. The van der Waals surface area contributed by atoms with Gasteiger partial charge < -0.3 is 4.74 Å². The molecular weight excluding hydrogens is 291 g/mol. The molecular formula is C20H15FO2. The summed E-state index contributed by atoms with van der Waals surface area (Å²) in [6.45, 7) is 0. The van der Waals surface area contributed by atoms with Crippen LogP contribution in [0.2, 0.25) is 0 Å². The minimum Gasteiger partial charge on any atom is -0.423 e. The number of benzene rings is 3. The zero-order chi connectivity index (χ0) is 16.1. The van der Waals surface area contributed by atoms with Crippen LogP contribution in [0.1, 0.15) is 17.0 Å². The highest BCUT2D eigenvalue weighted by Gasteiger charge is 2.25. The maximum Gasteiger partial charge on any atom is 0.323 e. The maximum absolute atomic E-state index is 13.7. The lowest BCUT2D eigenvalue weighted by atomic mass is 9.91. The van der Waals surface area contributed by atoms with E-state index in [2.05, 4.69) is 0 Å². The van der Waals surface area contributed by atoms with Crippen LogP contribution >= 0.6 is 0 Å². The zero-order valence-electron chi connectivity index (χ0n) is 12.4. The van der Waals surface area contributed by atoms with Crippen LogP contribution in [0.3, 0.4) is 0 Å². The average Bonchev–Trinajstić information content (AvgIpc) is 2.59. The molecule has 114 valence electrons. The Morgan fingerprint density at radius 1 is 0.739 bits per heavy atom. The molecule has 0 saturated heterocycles. The van der Waals surface area contributed by atoms with E-state index in [0.29, 0.717) is 0 Å². The van der Waals surface area contributed by atoms with Crippen molar-refractivity contribution in [1.29, 1.82) is 0 Å². The van der Waals surface area contributed by atoms with Crippen molar-refractivity contribution in [3.63, 3.8) is 0 Å². The summed E-state index contributed by atoms with van der Waals surface area (Å²) < 4.78 is 19.0. The largest absolute Gasteiger partial charge is 0.423 e. The highest BCUT2D eigenvalue weighted by Crippen LogP contribution is 2.27. The fourth-order valence-corrected chi connectivity index (χ4v) is 2.45. The molecule has 0 aliphatic carbocycles. The van der Waals surface area contributed by atoms with Gasteiger partial charge >= 0.3 is 5.97 Å². The van der Waals surface area contributed by atoms with Gasteiger partial charge in [-0.3, -0.25) is 4.79 Å². The third-order valence-corrected chi connectivity index (χ3v) is 3.55. The Bertz CT molecular complexity index is 746. The van der Waals surface area contributed by atoms with Crippen LogP contribution in [0.5, 0.6) is 5.75 Å². The average molecular weight is 306 g/mol. The first-order valence-electron chi connectivity index (χ1n) is 7.32. The van der Waals surface area contributed by atoms with Crippen LogP contribution in [0.25, 0.3) is 0 Å². The molecule has 23 heavy (non-hydrogen) atoms. The van der Waals surface area contributed by atoms with Crippen molar-refractivity contribution in [1.82, 2.24) is 0 Å². The van der Waals surface area contributed by atoms with E-state index in [4.69, 9.17) is 4.74 Å². The molecule has 3 heteroatoms. The molecule has 0 atom stereocenters. The van der Waals surface area contributed by atoms with Gasteiger partial charge in [0.15, 0.2) is 11.6 Å². The monoisotopic (exact) mass is 306 g/mol. The molecule has 0 bridgehead atoms. The summed E-state index contributed by atoms with van der Waals surface area (Å²) in [5.41, 5.74) is 1.61. The van der Waals surface area contributed by atoms with Crippen LogP contribution in [-0.2, 0) is 4.79 Å². The minimum absolute atomic E-state index is 0.0608. The fraction of sp³-hybridized carbons (Fsp3) is 0.0500. The molecule has 0 fully saturated rings. The Kier molecular flexibility index (Phi) is 4.48. The molecule has 0 N–H and O–H groups in total. The summed E-state index contributed by atoms with van der Waals surface area (Å²) in [4.78, 5) is 12.7. The molecule has 2 nitrogen and oxygen atoms in total. The summed E-state index contributed by atoms with van der Waals surface area (Å²) in [5, 5.41) is 0. The van der Waals surface area contributed by atoms with Gasteiger partial charge in [-0.15, -0.1) is 0 Å². The Hall–Kier alpha value is -2.94.